The maximum Gasteiger partial charge on any atom is 0.0909 e. The molecule has 122 valence electrons. The summed E-state index contributed by atoms with van der Waals surface area (Å²) < 4.78 is 16.7. The molecule has 0 bridgehead atoms. The molecule has 0 aromatic carbocycles. The molecule has 0 aromatic rings. The van der Waals surface area contributed by atoms with Gasteiger partial charge in [-0.05, 0) is 14.1 Å². The summed E-state index contributed by atoms with van der Waals surface area (Å²) in [6.07, 6.45) is 0.982. The second-order valence-electron chi connectivity index (χ2n) is 5.00. The lowest BCUT2D eigenvalue weighted by Crippen LogP contribution is -2.55. The summed E-state index contributed by atoms with van der Waals surface area (Å²) in [5.41, 5.74) is -0.514. The SMILES string of the molecule is CN(C)C(COCCC#N)(COCCC#N)COCCC#N. The van der Waals surface area contributed by atoms with E-state index in [4.69, 9.17) is 30.0 Å². The van der Waals surface area contributed by atoms with E-state index in [0.717, 1.165) is 0 Å². The highest BCUT2D eigenvalue weighted by molar-refractivity contribution is 4.89. The van der Waals surface area contributed by atoms with Gasteiger partial charge in [0.05, 0.1) is 82.7 Å². The highest BCUT2D eigenvalue weighted by Crippen LogP contribution is 2.16. The molecule has 0 saturated carbocycles. The third-order valence-electron chi connectivity index (χ3n) is 3.14. The van der Waals surface area contributed by atoms with Gasteiger partial charge in [0.25, 0.3) is 0 Å². The molecule has 0 aliphatic rings. The Kier molecular flexibility index (Phi) is 12.0. The second-order valence-corrected chi connectivity index (χ2v) is 5.00. The number of hydrogen-bond donors (Lipinski definition) is 0. The molecule has 0 N–H and O–H groups in total. The van der Waals surface area contributed by atoms with Gasteiger partial charge in [0, 0.05) is 0 Å². The predicted octanol–water partition coefficient (Wildman–Crippen LogP) is 1.08. The van der Waals surface area contributed by atoms with Crippen molar-refractivity contribution in [2.24, 2.45) is 0 Å². The van der Waals surface area contributed by atoms with Gasteiger partial charge in [-0.3, -0.25) is 4.90 Å². The van der Waals surface area contributed by atoms with Crippen LogP contribution in [0, 0.1) is 34.0 Å². The molecular formula is C15H24N4O3. The third kappa shape index (κ3) is 8.56. The van der Waals surface area contributed by atoms with Crippen molar-refractivity contribution in [3.05, 3.63) is 0 Å². The Bertz CT molecular complexity index is 351. The van der Waals surface area contributed by atoms with Gasteiger partial charge in [-0.1, -0.05) is 0 Å². The molecule has 0 aliphatic heterocycles. The van der Waals surface area contributed by atoms with E-state index < -0.39 is 5.54 Å². The van der Waals surface area contributed by atoms with Gasteiger partial charge < -0.3 is 14.2 Å². The fourth-order valence-corrected chi connectivity index (χ4v) is 1.65. The molecule has 0 aromatic heterocycles. The molecule has 7 nitrogen and oxygen atoms in total. The van der Waals surface area contributed by atoms with Gasteiger partial charge in [-0.25, -0.2) is 0 Å². The fourth-order valence-electron chi connectivity index (χ4n) is 1.65. The quantitative estimate of drug-likeness (QED) is 0.469. The Labute approximate surface area is 132 Å². The number of ether oxygens (including phenoxy) is 3. The first kappa shape index (κ1) is 20.3. The number of hydrogen-bond acceptors (Lipinski definition) is 7. The number of likely N-dealkylation sites (N-methyl/N-ethyl adjacent to an activating group) is 1. The zero-order valence-electron chi connectivity index (χ0n) is 13.4. The van der Waals surface area contributed by atoms with E-state index in [2.05, 4.69) is 0 Å². The summed E-state index contributed by atoms with van der Waals surface area (Å²) in [5.74, 6) is 0. The number of nitriles is 3. The summed E-state index contributed by atoms with van der Waals surface area (Å²) in [5, 5.41) is 25.7. The molecule has 0 amide bonds. The second kappa shape index (κ2) is 13.0. The van der Waals surface area contributed by atoms with Gasteiger partial charge in [0.2, 0.25) is 0 Å². The molecule has 0 fully saturated rings. The van der Waals surface area contributed by atoms with Crippen LogP contribution in [-0.2, 0) is 14.2 Å². The molecule has 0 rings (SSSR count). The van der Waals surface area contributed by atoms with Crippen molar-refractivity contribution in [1.29, 1.82) is 15.8 Å². The van der Waals surface area contributed by atoms with Crippen molar-refractivity contribution >= 4 is 0 Å². The lowest BCUT2D eigenvalue weighted by molar-refractivity contribution is -0.0817. The van der Waals surface area contributed by atoms with Gasteiger partial charge in [-0.2, -0.15) is 15.8 Å². The van der Waals surface area contributed by atoms with Crippen LogP contribution in [0.1, 0.15) is 19.3 Å². The summed E-state index contributed by atoms with van der Waals surface area (Å²) in [4.78, 5) is 1.96. The van der Waals surface area contributed by atoms with Crippen LogP contribution < -0.4 is 0 Å². The fraction of sp³-hybridized carbons (Fsp3) is 0.800. The van der Waals surface area contributed by atoms with Gasteiger partial charge in [0.1, 0.15) is 0 Å². The van der Waals surface area contributed by atoms with E-state index in [9.17, 15) is 0 Å². The van der Waals surface area contributed by atoms with Crippen molar-refractivity contribution in [2.45, 2.75) is 24.8 Å². The zero-order chi connectivity index (χ0) is 16.7. The molecule has 7 heteroatoms. The molecular weight excluding hydrogens is 284 g/mol. The van der Waals surface area contributed by atoms with Crippen LogP contribution in [0.3, 0.4) is 0 Å². The Morgan fingerprint density at radius 2 is 1.05 bits per heavy atom. The van der Waals surface area contributed by atoms with Crippen molar-refractivity contribution in [3.63, 3.8) is 0 Å². The summed E-state index contributed by atoms with van der Waals surface area (Å²) in [7, 11) is 3.80. The maximum atomic E-state index is 8.55. The molecule has 0 aliphatic carbocycles. The Balaban J connectivity index is 4.59. The summed E-state index contributed by atoms with van der Waals surface area (Å²) in [6.45, 7) is 2.09. The van der Waals surface area contributed by atoms with Crippen LogP contribution in [0.5, 0.6) is 0 Å². The van der Waals surface area contributed by atoms with E-state index in [1.165, 1.54) is 0 Å². The Morgan fingerprint density at radius 3 is 1.27 bits per heavy atom. The van der Waals surface area contributed by atoms with Crippen molar-refractivity contribution < 1.29 is 14.2 Å². The number of nitrogens with zero attached hydrogens (tertiary/aromatic N) is 4. The average Bonchev–Trinajstić information content (AvgIpc) is 2.51. The minimum absolute atomic E-state index is 0.327. The Morgan fingerprint density at radius 1 is 0.727 bits per heavy atom. The van der Waals surface area contributed by atoms with E-state index in [-0.39, 0.29) is 0 Å². The standard InChI is InChI=1S/C15H24N4O3/c1-19(2)15(12-20-9-3-6-16,13-21-10-4-7-17)14-22-11-5-8-18/h3-5,9-14H2,1-2H3. The molecule has 22 heavy (non-hydrogen) atoms. The van der Waals surface area contributed by atoms with Crippen LogP contribution >= 0.6 is 0 Å². The van der Waals surface area contributed by atoms with Crippen LogP contribution in [0.25, 0.3) is 0 Å². The van der Waals surface area contributed by atoms with Gasteiger partial charge in [0.15, 0.2) is 0 Å². The highest BCUT2D eigenvalue weighted by Gasteiger charge is 2.34. The molecule has 0 radical (unpaired) electrons. The van der Waals surface area contributed by atoms with Crippen molar-refractivity contribution in [2.75, 3.05) is 53.7 Å². The summed E-state index contributed by atoms with van der Waals surface area (Å²) in [6, 6.07) is 6.09. The topological polar surface area (TPSA) is 102 Å². The van der Waals surface area contributed by atoms with E-state index >= 15 is 0 Å². The average molecular weight is 308 g/mol. The summed E-state index contributed by atoms with van der Waals surface area (Å²) >= 11 is 0. The lowest BCUT2D eigenvalue weighted by Gasteiger charge is -2.39. The van der Waals surface area contributed by atoms with Crippen LogP contribution in [-0.4, -0.2) is 64.2 Å². The van der Waals surface area contributed by atoms with Crippen LogP contribution in [0.4, 0.5) is 0 Å². The maximum absolute atomic E-state index is 8.55. The molecule has 0 heterocycles. The molecule has 0 unspecified atom stereocenters. The van der Waals surface area contributed by atoms with E-state index in [1.807, 2.05) is 37.2 Å². The van der Waals surface area contributed by atoms with E-state index in [1.54, 1.807) is 0 Å². The third-order valence-corrected chi connectivity index (χ3v) is 3.14. The molecule has 0 spiro atoms. The largest absolute Gasteiger partial charge is 0.378 e. The molecule has 0 atom stereocenters. The minimum Gasteiger partial charge on any atom is -0.378 e. The smallest absolute Gasteiger partial charge is 0.0909 e. The van der Waals surface area contributed by atoms with E-state index in [0.29, 0.717) is 58.9 Å². The first-order chi connectivity index (χ1) is 10.6. The number of rotatable bonds is 13. The van der Waals surface area contributed by atoms with Gasteiger partial charge >= 0.3 is 0 Å². The lowest BCUT2D eigenvalue weighted by atomic mass is 10.0. The van der Waals surface area contributed by atoms with Crippen molar-refractivity contribution in [3.8, 4) is 18.2 Å². The predicted molar refractivity (Wildman–Crippen MR) is 79.6 cm³/mol. The van der Waals surface area contributed by atoms with Crippen LogP contribution in [0.15, 0.2) is 0 Å². The highest BCUT2D eigenvalue weighted by atomic mass is 16.5. The zero-order valence-corrected chi connectivity index (χ0v) is 13.4. The monoisotopic (exact) mass is 308 g/mol. The minimum atomic E-state index is -0.514. The van der Waals surface area contributed by atoms with Crippen LogP contribution in [0.2, 0.25) is 0 Å². The van der Waals surface area contributed by atoms with Gasteiger partial charge in [-0.15, -0.1) is 0 Å². The Hall–Kier alpha value is -1.69. The van der Waals surface area contributed by atoms with Crippen molar-refractivity contribution in [1.82, 2.24) is 4.90 Å². The first-order valence-corrected chi connectivity index (χ1v) is 7.14. The first-order valence-electron chi connectivity index (χ1n) is 7.14. The normalized spacial score (nSPS) is 10.9. The molecule has 0 saturated heterocycles.